The van der Waals surface area contributed by atoms with Gasteiger partial charge in [-0.25, -0.2) is 9.37 Å². The van der Waals surface area contributed by atoms with Crippen molar-refractivity contribution in [3.05, 3.63) is 65.9 Å². The molecule has 0 aliphatic heterocycles. The monoisotopic (exact) mass is 390 g/mol. The molecule has 4 aromatic rings. The molecule has 148 valence electrons. The molecule has 1 fully saturated rings. The Kier molecular flexibility index (Phi) is 4.15. The Labute approximate surface area is 167 Å². The van der Waals surface area contributed by atoms with Crippen LogP contribution in [0.2, 0.25) is 0 Å². The molecule has 1 saturated carbocycles. The number of halogens is 1. The number of hydrogen-bond donors (Lipinski definition) is 2. The Bertz CT molecular complexity index is 1190. The van der Waals surface area contributed by atoms with Crippen molar-refractivity contribution in [1.29, 1.82) is 0 Å². The number of para-hydroxylation sites is 2. The zero-order valence-corrected chi connectivity index (χ0v) is 16.4. The highest BCUT2D eigenvalue weighted by molar-refractivity contribution is 5.83. The lowest BCUT2D eigenvalue weighted by Gasteiger charge is -2.34. The summed E-state index contributed by atoms with van der Waals surface area (Å²) in [5.41, 5.74) is 3.85. The number of rotatable bonds is 4. The third-order valence-electron chi connectivity index (χ3n) is 6.21. The molecule has 0 saturated heterocycles. The van der Waals surface area contributed by atoms with Gasteiger partial charge in [0.1, 0.15) is 11.6 Å². The van der Waals surface area contributed by atoms with Crippen LogP contribution in [0, 0.1) is 11.7 Å². The van der Waals surface area contributed by atoms with Gasteiger partial charge >= 0.3 is 0 Å². The molecule has 3 atom stereocenters. The summed E-state index contributed by atoms with van der Waals surface area (Å²) in [6.07, 6.45) is 1.82. The Morgan fingerprint density at radius 3 is 2.83 bits per heavy atom. The Morgan fingerprint density at radius 1 is 1.24 bits per heavy atom. The van der Waals surface area contributed by atoms with Gasteiger partial charge in [-0.05, 0) is 56.2 Å². The molecular weight excluding hydrogens is 367 g/mol. The Hall–Kier alpha value is -3.15. The van der Waals surface area contributed by atoms with Gasteiger partial charge in [0.25, 0.3) is 0 Å². The van der Waals surface area contributed by atoms with Crippen molar-refractivity contribution >= 4 is 27.8 Å². The second kappa shape index (κ2) is 6.72. The smallest absolute Gasteiger partial charge is 0.224 e. The molecule has 0 spiro atoms. The van der Waals surface area contributed by atoms with Gasteiger partial charge in [0.05, 0.1) is 17.1 Å². The average Bonchev–Trinajstić information content (AvgIpc) is 3.21. The first-order valence-electron chi connectivity index (χ1n) is 10.0. The highest BCUT2D eigenvalue weighted by atomic mass is 19.1. The number of carbonyl (C=O) groups excluding carboxylic acids is 1. The van der Waals surface area contributed by atoms with E-state index in [2.05, 4.69) is 15.3 Å². The van der Waals surface area contributed by atoms with E-state index in [1.807, 2.05) is 48.9 Å². The maximum Gasteiger partial charge on any atom is 0.224 e. The number of imidazole rings is 1. The minimum absolute atomic E-state index is 0.0469. The predicted octanol–water partition coefficient (Wildman–Crippen LogP) is 4.56. The summed E-state index contributed by atoms with van der Waals surface area (Å²) in [7, 11) is 1.94. The van der Waals surface area contributed by atoms with Gasteiger partial charge in [0.2, 0.25) is 5.91 Å². The number of amides is 1. The molecule has 0 bridgehead atoms. The van der Waals surface area contributed by atoms with Gasteiger partial charge in [-0.3, -0.25) is 4.79 Å². The number of aromatic amines is 1. The number of aryl methyl sites for hydroxylation is 1. The first-order valence-corrected chi connectivity index (χ1v) is 10.0. The molecule has 1 aliphatic rings. The number of nitrogens with zero attached hydrogens (tertiary/aromatic N) is 2. The third kappa shape index (κ3) is 2.99. The number of hydrogen-bond acceptors (Lipinski definition) is 2. The number of H-pyrrole nitrogens is 1. The van der Waals surface area contributed by atoms with Crippen LogP contribution in [0.15, 0.2) is 48.5 Å². The minimum Gasteiger partial charge on any atom is -0.348 e. The van der Waals surface area contributed by atoms with Crippen LogP contribution in [0.4, 0.5) is 4.39 Å². The van der Waals surface area contributed by atoms with E-state index in [-0.39, 0.29) is 29.6 Å². The van der Waals surface area contributed by atoms with Gasteiger partial charge in [0, 0.05) is 35.5 Å². The molecule has 2 heterocycles. The summed E-state index contributed by atoms with van der Waals surface area (Å²) in [4.78, 5) is 21.0. The second-order valence-electron chi connectivity index (χ2n) is 7.99. The van der Waals surface area contributed by atoms with E-state index in [9.17, 15) is 9.18 Å². The number of benzene rings is 2. The maximum atomic E-state index is 13.5. The van der Waals surface area contributed by atoms with E-state index in [4.69, 9.17) is 0 Å². The summed E-state index contributed by atoms with van der Waals surface area (Å²) in [6.45, 7) is 1.97. The van der Waals surface area contributed by atoms with Crippen LogP contribution in [0.3, 0.4) is 0 Å². The largest absolute Gasteiger partial charge is 0.348 e. The predicted molar refractivity (Wildman–Crippen MR) is 111 cm³/mol. The Morgan fingerprint density at radius 2 is 2.07 bits per heavy atom. The number of aromatic nitrogens is 3. The molecule has 2 N–H and O–H groups in total. The molecule has 5 nitrogen and oxygen atoms in total. The molecular formula is C23H23FN4O. The third-order valence-corrected chi connectivity index (χ3v) is 6.21. The van der Waals surface area contributed by atoms with Crippen molar-refractivity contribution in [3.63, 3.8) is 0 Å². The fourth-order valence-electron chi connectivity index (χ4n) is 4.44. The van der Waals surface area contributed by atoms with E-state index in [0.29, 0.717) is 0 Å². The topological polar surface area (TPSA) is 62.7 Å². The summed E-state index contributed by atoms with van der Waals surface area (Å²) in [5, 5.41) is 3.99. The first kappa shape index (κ1) is 17.9. The number of carbonyl (C=O) groups is 1. The van der Waals surface area contributed by atoms with Crippen LogP contribution in [0.25, 0.3) is 21.9 Å². The van der Waals surface area contributed by atoms with E-state index >= 15 is 0 Å². The lowest BCUT2D eigenvalue weighted by atomic mass is 9.72. The van der Waals surface area contributed by atoms with Crippen LogP contribution >= 0.6 is 0 Å². The van der Waals surface area contributed by atoms with Crippen molar-refractivity contribution in [2.45, 2.75) is 31.7 Å². The van der Waals surface area contributed by atoms with Crippen molar-refractivity contribution in [1.82, 2.24) is 19.9 Å². The van der Waals surface area contributed by atoms with Gasteiger partial charge in [0.15, 0.2) is 0 Å². The molecule has 2 aromatic heterocycles. The summed E-state index contributed by atoms with van der Waals surface area (Å²) >= 11 is 0. The lowest BCUT2D eigenvalue weighted by Crippen LogP contribution is -2.41. The average molecular weight is 390 g/mol. The fraction of sp³-hybridized carbons (Fsp3) is 0.304. The van der Waals surface area contributed by atoms with Crippen molar-refractivity contribution in [2.75, 3.05) is 0 Å². The van der Waals surface area contributed by atoms with E-state index < -0.39 is 0 Å². The SMILES string of the molecule is CC(NC(=O)[C@H]1CCC1c1nc2ccccc2[nH]1)c1cc2cc(F)ccc2n1C. The van der Waals surface area contributed by atoms with Gasteiger partial charge in [-0.2, -0.15) is 0 Å². The highest BCUT2D eigenvalue weighted by Crippen LogP contribution is 2.42. The summed E-state index contributed by atoms with van der Waals surface area (Å²) in [6, 6.07) is 14.5. The van der Waals surface area contributed by atoms with Crippen LogP contribution in [0.1, 0.15) is 43.2 Å². The molecule has 2 aromatic carbocycles. The van der Waals surface area contributed by atoms with Crippen LogP contribution in [0.5, 0.6) is 0 Å². The van der Waals surface area contributed by atoms with Crippen LogP contribution in [-0.4, -0.2) is 20.4 Å². The number of fused-ring (bicyclic) bond motifs is 2. The Balaban J connectivity index is 1.34. The molecule has 1 amide bonds. The second-order valence-corrected chi connectivity index (χ2v) is 7.99. The number of nitrogens with one attached hydrogen (secondary N) is 2. The molecule has 1 aliphatic carbocycles. The van der Waals surface area contributed by atoms with Gasteiger partial charge in [-0.1, -0.05) is 12.1 Å². The van der Waals surface area contributed by atoms with Crippen LogP contribution in [-0.2, 0) is 11.8 Å². The van der Waals surface area contributed by atoms with Gasteiger partial charge in [-0.15, -0.1) is 0 Å². The molecule has 6 heteroatoms. The molecule has 2 unspecified atom stereocenters. The fourth-order valence-corrected chi connectivity index (χ4v) is 4.44. The van der Waals surface area contributed by atoms with E-state index in [1.165, 1.54) is 12.1 Å². The summed E-state index contributed by atoms with van der Waals surface area (Å²) in [5.74, 6) is 0.729. The van der Waals surface area contributed by atoms with Crippen LogP contribution < -0.4 is 5.32 Å². The first-order chi connectivity index (χ1) is 14.0. The normalized spacial score (nSPS) is 20.0. The zero-order valence-electron chi connectivity index (χ0n) is 16.4. The van der Waals surface area contributed by atoms with Crippen molar-refractivity contribution in [2.24, 2.45) is 13.0 Å². The molecule has 5 rings (SSSR count). The quantitative estimate of drug-likeness (QED) is 0.536. The summed E-state index contributed by atoms with van der Waals surface area (Å²) < 4.78 is 15.6. The van der Waals surface area contributed by atoms with Crippen molar-refractivity contribution < 1.29 is 9.18 Å². The van der Waals surface area contributed by atoms with E-state index in [1.54, 1.807) is 6.07 Å². The lowest BCUT2D eigenvalue weighted by molar-refractivity contribution is -0.129. The molecule has 0 radical (unpaired) electrons. The zero-order chi connectivity index (χ0) is 20.1. The molecule has 29 heavy (non-hydrogen) atoms. The van der Waals surface area contributed by atoms with Gasteiger partial charge < -0.3 is 14.9 Å². The maximum absolute atomic E-state index is 13.5. The standard InChI is InChI=1S/C23H23FN4O/c1-13(21-12-14-11-15(24)7-10-20(14)28(21)2)25-23(29)17-9-8-16(17)22-26-18-5-3-4-6-19(18)27-22/h3-7,10-13,16-17H,8-9H2,1-2H3,(H,25,29)(H,26,27)/t13?,16?,17-/m0/s1. The minimum atomic E-state index is -0.255. The van der Waals surface area contributed by atoms with E-state index in [0.717, 1.165) is 46.3 Å². The highest BCUT2D eigenvalue weighted by Gasteiger charge is 2.40. The van der Waals surface area contributed by atoms with Crippen molar-refractivity contribution in [3.8, 4) is 0 Å².